The fourth-order valence-corrected chi connectivity index (χ4v) is 1.27. The summed E-state index contributed by atoms with van der Waals surface area (Å²) >= 11 is 0. The normalized spacial score (nSPS) is 15.5. The third-order valence-electron chi connectivity index (χ3n) is 2.39. The summed E-state index contributed by atoms with van der Waals surface area (Å²) in [6.45, 7) is 6.81. The molecule has 0 fully saturated rings. The molecule has 0 aliphatic rings. The third-order valence-corrected chi connectivity index (χ3v) is 4.54. The molecular weight excluding hydrogens is 200 g/mol. The van der Waals surface area contributed by atoms with Gasteiger partial charge in [0, 0.05) is 25.4 Å². The maximum atomic E-state index is 11.4. The molecule has 2 N–H and O–H groups in total. The van der Waals surface area contributed by atoms with Gasteiger partial charge in [-0.3, -0.25) is 0 Å². The lowest BCUT2D eigenvalue weighted by molar-refractivity contribution is 0.469. The van der Waals surface area contributed by atoms with E-state index in [9.17, 15) is 8.42 Å². The van der Waals surface area contributed by atoms with E-state index in [1.165, 1.54) is 6.26 Å². The maximum absolute atomic E-state index is 11.4. The molecule has 0 bridgehead atoms. The molecule has 0 aromatic carbocycles. The number of rotatable bonds is 6. The summed E-state index contributed by atoms with van der Waals surface area (Å²) in [5.41, 5.74) is 0. The Kier molecular flexibility index (Phi) is 5.05. The molecule has 0 rings (SSSR count). The van der Waals surface area contributed by atoms with Crippen LogP contribution in [0.2, 0.25) is 0 Å². The zero-order valence-electron chi connectivity index (χ0n) is 9.72. The molecule has 1 atom stereocenters. The first-order chi connectivity index (χ1) is 6.20. The highest BCUT2D eigenvalue weighted by Crippen LogP contribution is 2.13. The van der Waals surface area contributed by atoms with Crippen LogP contribution in [0.5, 0.6) is 0 Å². The lowest BCUT2D eigenvalue weighted by atomic mass is 10.2. The highest BCUT2D eigenvalue weighted by Gasteiger charge is 2.29. The highest BCUT2D eigenvalue weighted by molar-refractivity contribution is 7.92. The molecule has 0 heterocycles. The summed E-state index contributed by atoms with van der Waals surface area (Å²) < 4.78 is 22.0. The van der Waals surface area contributed by atoms with Gasteiger partial charge in [0.05, 0.1) is 4.75 Å². The van der Waals surface area contributed by atoms with E-state index in [1.54, 1.807) is 13.8 Å². The Balaban J connectivity index is 4.13. The largest absolute Gasteiger partial charge is 0.318 e. The minimum absolute atomic E-state index is 0.279. The zero-order chi connectivity index (χ0) is 11.4. The van der Waals surface area contributed by atoms with Crippen molar-refractivity contribution < 1.29 is 8.42 Å². The lowest BCUT2D eigenvalue weighted by Crippen LogP contribution is -2.46. The van der Waals surface area contributed by atoms with Crippen LogP contribution in [0.4, 0.5) is 0 Å². The van der Waals surface area contributed by atoms with E-state index >= 15 is 0 Å². The quantitative estimate of drug-likeness (QED) is 0.664. The van der Waals surface area contributed by atoms with Crippen molar-refractivity contribution in [3.05, 3.63) is 0 Å². The van der Waals surface area contributed by atoms with Crippen LogP contribution < -0.4 is 10.6 Å². The molecule has 86 valence electrons. The summed E-state index contributed by atoms with van der Waals surface area (Å²) in [6.07, 6.45) is 1.28. The van der Waals surface area contributed by atoms with Gasteiger partial charge in [-0.05, 0) is 27.8 Å². The Labute approximate surface area is 87.4 Å². The SMILES string of the molecule is CNCC(C)NCC(C)(C)S(C)(=O)=O. The number of hydrogen-bond donors (Lipinski definition) is 2. The minimum Gasteiger partial charge on any atom is -0.318 e. The molecule has 0 aromatic heterocycles. The number of nitrogens with one attached hydrogen (secondary N) is 2. The van der Waals surface area contributed by atoms with Gasteiger partial charge in [0.15, 0.2) is 9.84 Å². The minimum atomic E-state index is -3.00. The second kappa shape index (κ2) is 5.09. The van der Waals surface area contributed by atoms with Crippen molar-refractivity contribution in [2.24, 2.45) is 0 Å². The number of sulfone groups is 1. The number of likely N-dealkylation sites (N-methyl/N-ethyl adjacent to an activating group) is 1. The average Bonchev–Trinajstić information content (AvgIpc) is 1.99. The van der Waals surface area contributed by atoms with E-state index in [0.29, 0.717) is 6.54 Å². The Hall–Kier alpha value is -0.130. The van der Waals surface area contributed by atoms with E-state index in [2.05, 4.69) is 10.6 Å². The van der Waals surface area contributed by atoms with Gasteiger partial charge in [-0.25, -0.2) is 8.42 Å². The fourth-order valence-electron chi connectivity index (χ4n) is 0.929. The topological polar surface area (TPSA) is 58.2 Å². The van der Waals surface area contributed by atoms with Crippen LogP contribution in [0.3, 0.4) is 0 Å². The van der Waals surface area contributed by atoms with Gasteiger partial charge in [-0.15, -0.1) is 0 Å². The van der Waals surface area contributed by atoms with Gasteiger partial charge in [0.25, 0.3) is 0 Å². The van der Waals surface area contributed by atoms with Gasteiger partial charge in [-0.2, -0.15) is 0 Å². The van der Waals surface area contributed by atoms with Gasteiger partial charge in [0.1, 0.15) is 0 Å². The summed E-state index contributed by atoms with van der Waals surface area (Å²) in [6, 6.07) is 0.279. The fraction of sp³-hybridized carbons (Fsp3) is 1.00. The van der Waals surface area contributed by atoms with Gasteiger partial charge >= 0.3 is 0 Å². The molecule has 0 saturated carbocycles. The van der Waals surface area contributed by atoms with E-state index in [0.717, 1.165) is 6.54 Å². The van der Waals surface area contributed by atoms with E-state index in [4.69, 9.17) is 0 Å². The van der Waals surface area contributed by atoms with Crippen molar-refractivity contribution in [3.63, 3.8) is 0 Å². The summed E-state index contributed by atoms with van der Waals surface area (Å²) in [5.74, 6) is 0. The van der Waals surface area contributed by atoms with Crippen LogP contribution >= 0.6 is 0 Å². The second-order valence-corrected chi connectivity index (χ2v) is 7.02. The van der Waals surface area contributed by atoms with E-state index in [1.807, 2.05) is 14.0 Å². The predicted octanol–water partition coefficient (Wildman–Crippen LogP) is 0.00710. The van der Waals surface area contributed by atoms with E-state index < -0.39 is 14.6 Å². The Morgan fingerprint density at radius 2 is 1.86 bits per heavy atom. The standard InChI is InChI=1S/C9H22N2O2S/c1-8(6-10-4)11-7-9(2,3)14(5,12)13/h8,10-11H,6-7H2,1-5H3. The second-order valence-electron chi connectivity index (χ2n) is 4.37. The molecule has 5 heteroatoms. The molecule has 0 aliphatic heterocycles. The Morgan fingerprint density at radius 3 is 2.21 bits per heavy atom. The maximum Gasteiger partial charge on any atom is 0.153 e. The zero-order valence-corrected chi connectivity index (χ0v) is 10.5. The molecule has 0 aromatic rings. The molecule has 4 nitrogen and oxygen atoms in total. The average molecular weight is 222 g/mol. The Bertz CT molecular complexity index is 260. The molecule has 14 heavy (non-hydrogen) atoms. The smallest absolute Gasteiger partial charge is 0.153 e. The number of hydrogen-bond acceptors (Lipinski definition) is 4. The first kappa shape index (κ1) is 13.9. The molecular formula is C9H22N2O2S. The van der Waals surface area contributed by atoms with Crippen molar-refractivity contribution in [2.75, 3.05) is 26.4 Å². The summed E-state index contributed by atoms with van der Waals surface area (Å²) in [7, 11) is -1.12. The lowest BCUT2D eigenvalue weighted by Gasteiger charge is -2.25. The van der Waals surface area contributed by atoms with Crippen LogP contribution in [-0.4, -0.2) is 45.6 Å². The van der Waals surface area contributed by atoms with Crippen molar-refractivity contribution >= 4 is 9.84 Å². The van der Waals surface area contributed by atoms with Crippen molar-refractivity contribution in [2.45, 2.75) is 31.6 Å². The molecule has 0 aliphatic carbocycles. The highest BCUT2D eigenvalue weighted by atomic mass is 32.2. The van der Waals surface area contributed by atoms with Crippen molar-refractivity contribution in [3.8, 4) is 0 Å². The third kappa shape index (κ3) is 4.39. The van der Waals surface area contributed by atoms with Crippen LogP contribution in [0.15, 0.2) is 0 Å². The van der Waals surface area contributed by atoms with Crippen molar-refractivity contribution in [1.82, 2.24) is 10.6 Å². The van der Waals surface area contributed by atoms with Crippen LogP contribution in [0, 0.1) is 0 Å². The van der Waals surface area contributed by atoms with Gasteiger partial charge < -0.3 is 10.6 Å². The van der Waals surface area contributed by atoms with Crippen LogP contribution in [0.25, 0.3) is 0 Å². The monoisotopic (exact) mass is 222 g/mol. The molecule has 0 amide bonds. The summed E-state index contributed by atoms with van der Waals surface area (Å²) in [4.78, 5) is 0. The predicted molar refractivity (Wildman–Crippen MR) is 60.3 cm³/mol. The molecule has 0 spiro atoms. The van der Waals surface area contributed by atoms with Gasteiger partial charge in [0.2, 0.25) is 0 Å². The van der Waals surface area contributed by atoms with E-state index in [-0.39, 0.29) is 6.04 Å². The first-order valence-corrected chi connectivity index (χ1v) is 6.67. The van der Waals surface area contributed by atoms with Crippen LogP contribution in [-0.2, 0) is 9.84 Å². The molecule has 0 radical (unpaired) electrons. The van der Waals surface area contributed by atoms with Gasteiger partial charge in [-0.1, -0.05) is 0 Å². The van der Waals surface area contributed by atoms with Crippen molar-refractivity contribution in [1.29, 1.82) is 0 Å². The summed E-state index contributed by atoms with van der Waals surface area (Å²) in [5, 5.41) is 6.22. The Morgan fingerprint density at radius 1 is 1.36 bits per heavy atom. The first-order valence-electron chi connectivity index (χ1n) is 4.78. The molecule has 1 unspecified atom stereocenters. The molecule has 0 saturated heterocycles. The van der Waals surface area contributed by atoms with Crippen LogP contribution in [0.1, 0.15) is 20.8 Å².